The van der Waals surface area contributed by atoms with E-state index in [1.807, 2.05) is 12.1 Å². The monoisotopic (exact) mass is 249 g/mol. The van der Waals surface area contributed by atoms with Crippen LogP contribution >= 0.6 is 0 Å². The summed E-state index contributed by atoms with van der Waals surface area (Å²) in [6, 6.07) is 3.94. The van der Waals surface area contributed by atoms with E-state index in [4.69, 9.17) is 15.2 Å². The summed E-state index contributed by atoms with van der Waals surface area (Å²) in [4.78, 5) is 4.67. The molecule has 2 aliphatic heterocycles. The third-order valence-electron chi connectivity index (χ3n) is 3.54. The van der Waals surface area contributed by atoms with Crippen molar-refractivity contribution < 1.29 is 9.47 Å². The van der Waals surface area contributed by atoms with Crippen molar-refractivity contribution in [3.63, 3.8) is 0 Å². The number of nitrogens with two attached hydrogens (primary N) is 1. The van der Waals surface area contributed by atoms with E-state index in [0.717, 1.165) is 37.6 Å². The van der Waals surface area contributed by atoms with Crippen LogP contribution in [0, 0.1) is 0 Å². The number of piperazine rings is 1. The van der Waals surface area contributed by atoms with Gasteiger partial charge in [-0.25, -0.2) is 0 Å². The Morgan fingerprint density at radius 2 is 1.67 bits per heavy atom. The number of benzene rings is 1. The maximum Gasteiger partial charge on any atom is 0.186 e. The molecule has 2 heterocycles. The second-order valence-electron chi connectivity index (χ2n) is 4.82. The SMILES string of the molecule is CN1CCN(c2ccc(N)c3c2OCCO3)CC1. The van der Waals surface area contributed by atoms with Crippen LogP contribution in [0.15, 0.2) is 12.1 Å². The van der Waals surface area contributed by atoms with Crippen LogP contribution in [0.25, 0.3) is 0 Å². The first kappa shape index (κ1) is 11.5. The Morgan fingerprint density at radius 1 is 1.00 bits per heavy atom. The quantitative estimate of drug-likeness (QED) is 0.746. The van der Waals surface area contributed by atoms with Crippen LogP contribution in [-0.2, 0) is 0 Å². The Morgan fingerprint density at radius 3 is 2.39 bits per heavy atom. The molecule has 2 N–H and O–H groups in total. The lowest BCUT2D eigenvalue weighted by molar-refractivity contribution is 0.172. The molecule has 2 aliphatic rings. The van der Waals surface area contributed by atoms with Crippen molar-refractivity contribution in [2.45, 2.75) is 0 Å². The summed E-state index contributed by atoms with van der Waals surface area (Å²) in [5.74, 6) is 1.52. The predicted octanol–water partition coefficient (Wildman–Crippen LogP) is 0.792. The lowest BCUT2D eigenvalue weighted by Gasteiger charge is -2.36. The van der Waals surface area contributed by atoms with Gasteiger partial charge < -0.3 is 25.0 Å². The van der Waals surface area contributed by atoms with E-state index in [1.54, 1.807) is 0 Å². The Labute approximate surface area is 107 Å². The molecule has 1 aromatic rings. The number of hydrogen-bond donors (Lipinski definition) is 1. The summed E-state index contributed by atoms with van der Waals surface area (Å²) in [7, 11) is 2.15. The lowest BCUT2D eigenvalue weighted by Crippen LogP contribution is -2.44. The van der Waals surface area contributed by atoms with E-state index in [9.17, 15) is 0 Å². The fourth-order valence-corrected chi connectivity index (χ4v) is 2.44. The summed E-state index contributed by atoms with van der Waals surface area (Å²) in [6.07, 6.45) is 0. The molecule has 0 saturated carbocycles. The predicted molar refractivity (Wildman–Crippen MR) is 71.6 cm³/mol. The Kier molecular flexibility index (Phi) is 2.91. The van der Waals surface area contributed by atoms with Crippen molar-refractivity contribution in [2.75, 3.05) is 57.1 Å². The highest BCUT2D eigenvalue weighted by Gasteiger charge is 2.24. The summed E-state index contributed by atoms with van der Waals surface area (Å²) in [5.41, 5.74) is 7.69. The highest BCUT2D eigenvalue weighted by Crippen LogP contribution is 2.43. The van der Waals surface area contributed by atoms with E-state index in [0.29, 0.717) is 24.7 Å². The van der Waals surface area contributed by atoms with Crippen LogP contribution in [0.1, 0.15) is 0 Å². The van der Waals surface area contributed by atoms with Crippen LogP contribution in [0.2, 0.25) is 0 Å². The van der Waals surface area contributed by atoms with Crippen LogP contribution in [-0.4, -0.2) is 51.3 Å². The number of likely N-dealkylation sites (N-methyl/N-ethyl adjacent to an activating group) is 1. The van der Waals surface area contributed by atoms with Crippen LogP contribution in [0.3, 0.4) is 0 Å². The van der Waals surface area contributed by atoms with Gasteiger partial charge in [0.05, 0.1) is 11.4 Å². The first-order valence-electron chi connectivity index (χ1n) is 6.37. The molecule has 0 aliphatic carbocycles. The van der Waals surface area contributed by atoms with E-state index >= 15 is 0 Å². The molecule has 0 amide bonds. The Hall–Kier alpha value is -1.62. The van der Waals surface area contributed by atoms with E-state index in [1.165, 1.54) is 0 Å². The van der Waals surface area contributed by atoms with Gasteiger partial charge in [0, 0.05) is 26.2 Å². The molecular formula is C13H19N3O2. The number of anilines is 2. The van der Waals surface area contributed by atoms with Crippen molar-refractivity contribution in [2.24, 2.45) is 0 Å². The number of nitrogens with zero attached hydrogens (tertiary/aromatic N) is 2. The van der Waals surface area contributed by atoms with Gasteiger partial charge in [-0.1, -0.05) is 0 Å². The molecule has 0 spiro atoms. The minimum Gasteiger partial charge on any atom is -0.484 e. The molecule has 5 nitrogen and oxygen atoms in total. The maximum absolute atomic E-state index is 5.93. The van der Waals surface area contributed by atoms with Gasteiger partial charge in [0.15, 0.2) is 11.5 Å². The van der Waals surface area contributed by atoms with Crippen LogP contribution in [0.5, 0.6) is 11.5 Å². The second-order valence-corrected chi connectivity index (χ2v) is 4.82. The van der Waals surface area contributed by atoms with Gasteiger partial charge in [0.2, 0.25) is 0 Å². The lowest BCUT2D eigenvalue weighted by atomic mass is 10.2. The van der Waals surface area contributed by atoms with E-state index in [2.05, 4.69) is 16.8 Å². The molecule has 98 valence electrons. The van der Waals surface area contributed by atoms with Gasteiger partial charge in [0.25, 0.3) is 0 Å². The second kappa shape index (κ2) is 4.57. The average molecular weight is 249 g/mol. The number of fused-ring (bicyclic) bond motifs is 1. The molecule has 0 radical (unpaired) electrons. The van der Waals surface area contributed by atoms with Gasteiger partial charge in [-0.2, -0.15) is 0 Å². The van der Waals surface area contributed by atoms with Crippen LogP contribution < -0.4 is 20.1 Å². The fraction of sp³-hybridized carbons (Fsp3) is 0.538. The molecule has 0 bridgehead atoms. The summed E-state index contributed by atoms with van der Waals surface area (Å²) in [5, 5.41) is 0. The molecule has 1 fully saturated rings. The summed E-state index contributed by atoms with van der Waals surface area (Å²) >= 11 is 0. The Bertz CT molecular complexity index is 442. The Balaban J connectivity index is 1.92. The topological polar surface area (TPSA) is 51.0 Å². The standard InChI is InChI=1S/C13H19N3O2/c1-15-4-6-16(7-5-15)11-3-2-10(14)12-13(11)18-9-8-17-12/h2-3H,4-9,14H2,1H3. The first-order valence-corrected chi connectivity index (χ1v) is 6.37. The van der Waals surface area contributed by atoms with E-state index in [-0.39, 0.29) is 0 Å². The highest BCUT2D eigenvalue weighted by atomic mass is 16.6. The molecular weight excluding hydrogens is 230 g/mol. The van der Waals surface area contributed by atoms with Crippen molar-refractivity contribution in [1.29, 1.82) is 0 Å². The summed E-state index contributed by atoms with van der Waals surface area (Å²) in [6.45, 7) is 5.33. The highest BCUT2D eigenvalue weighted by molar-refractivity contribution is 5.74. The smallest absolute Gasteiger partial charge is 0.186 e. The van der Waals surface area contributed by atoms with Gasteiger partial charge in [-0.3, -0.25) is 0 Å². The normalized spacial score (nSPS) is 19.9. The first-order chi connectivity index (χ1) is 8.75. The van der Waals surface area contributed by atoms with Gasteiger partial charge in [-0.05, 0) is 19.2 Å². The zero-order chi connectivity index (χ0) is 12.5. The minimum absolute atomic E-state index is 0.573. The van der Waals surface area contributed by atoms with Crippen LogP contribution in [0.4, 0.5) is 11.4 Å². The molecule has 0 atom stereocenters. The molecule has 1 saturated heterocycles. The number of ether oxygens (including phenoxy) is 2. The number of nitrogen functional groups attached to an aromatic ring is 1. The molecule has 5 heteroatoms. The molecule has 3 rings (SSSR count). The fourth-order valence-electron chi connectivity index (χ4n) is 2.44. The largest absolute Gasteiger partial charge is 0.484 e. The van der Waals surface area contributed by atoms with Crippen molar-refractivity contribution in [1.82, 2.24) is 4.90 Å². The molecule has 0 aromatic heterocycles. The van der Waals surface area contributed by atoms with Crippen molar-refractivity contribution in [3.05, 3.63) is 12.1 Å². The molecule has 18 heavy (non-hydrogen) atoms. The average Bonchev–Trinajstić information content (AvgIpc) is 2.41. The molecule has 0 unspecified atom stereocenters. The van der Waals surface area contributed by atoms with Gasteiger partial charge in [-0.15, -0.1) is 0 Å². The van der Waals surface area contributed by atoms with Gasteiger partial charge in [0.1, 0.15) is 13.2 Å². The minimum atomic E-state index is 0.573. The number of hydrogen-bond acceptors (Lipinski definition) is 5. The van der Waals surface area contributed by atoms with Gasteiger partial charge >= 0.3 is 0 Å². The zero-order valence-corrected chi connectivity index (χ0v) is 10.7. The number of rotatable bonds is 1. The maximum atomic E-state index is 5.93. The third-order valence-corrected chi connectivity index (χ3v) is 3.54. The van der Waals surface area contributed by atoms with Crippen molar-refractivity contribution >= 4 is 11.4 Å². The molecule has 1 aromatic carbocycles. The van der Waals surface area contributed by atoms with Crippen molar-refractivity contribution in [3.8, 4) is 11.5 Å². The zero-order valence-electron chi connectivity index (χ0n) is 10.7. The summed E-state index contributed by atoms with van der Waals surface area (Å²) < 4.78 is 11.4. The van der Waals surface area contributed by atoms with E-state index < -0.39 is 0 Å². The third kappa shape index (κ3) is 1.95.